The zero-order valence-corrected chi connectivity index (χ0v) is 11.4. The average molecular weight is 286 g/mol. The number of sulfonamides is 1. The average Bonchev–Trinajstić information content (AvgIpc) is 3.00. The lowest BCUT2D eigenvalue weighted by Crippen LogP contribution is -2.25. The summed E-state index contributed by atoms with van der Waals surface area (Å²) in [6, 6.07) is 6.32. The molecule has 0 aromatic carbocycles. The molecule has 0 aliphatic heterocycles. The Morgan fingerprint density at radius 3 is 2.78 bits per heavy atom. The van der Waals surface area contributed by atoms with Crippen LogP contribution in [0.25, 0.3) is 0 Å². The number of nitrogens with two attached hydrogens (primary N) is 1. The minimum Gasteiger partial charge on any atom is -0.468 e. The van der Waals surface area contributed by atoms with E-state index in [1.807, 2.05) is 0 Å². The summed E-state index contributed by atoms with van der Waals surface area (Å²) in [5.74, 6) is 0.578. The lowest BCUT2D eigenvalue weighted by molar-refractivity contribution is 0.459. The molecule has 0 aliphatic carbocycles. The molecule has 0 bridgehead atoms. The van der Waals surface area contributed by atoms with E-state index in [0.717, 1.165) is 4.88 Å². The largest absolute Gasteiger partial charge is 0.468 e. The number of hydrogen-bond donors (Lipinski definition) is 2. The van der Waals surface area contributed by atoms with E-state index in [2.05, 4.69) is 4.72 Å². The van der Waals surface area contributed by atoms with Gasteiger partial charge in [0.1, 0.15) is 9.97 Å². The van der Waals surface area contributed by atoms with Gasteiger partial charge >= 0.3 is 0 Å². The summed E-state index contributed by atoms with van der Waals surface area (Å²) < 4.78 is 32.2. The number of nitrogens with one attached hydrogen (secondary N) is 1. The summed E-state index contributed by atoms with van der Waals surface area (Å²) in [5, 5.41) is 0. The molecule has 5 nitrogen and oxygen atoms in total. The van der Waals surface area contributed by atoms with Gasteiger partial charge in [-0.3, -0.25) is 0 Å². The number of rotatable bonds is 5. The third-order valence-corrected chi connectivity index (χ3v) is 5.55. The fourth-order valence-corrected chi connectivity index (χ4v) is 3.96. The molecule has 0 spiro atoms. The van der Waals surface area contributed by atoms with Crippen LogP contribution in [0.1, 0.15) is 23.6 Å². The molecule has 18 heavy (non-hydrogen) atoms. The van der Waals surface area contributed by atoms with Gasteiger partial charge in [-0.15, -0.1) is 11.3 Å². The molecule has 0 saturated heterocycles. The van der Waals surface area contributed by atoms with E-state index in [1.54, 1.807) is 31.2 Å². The van der Waals surface area contributed by atoms with Gasteiger partial charge in [-0.1, -0.05) is 0 Å². The molecule has 98 valence electrons. The van der Waals surface area contributed by atoms with Gasteiger partial charge in [0, 0.05) is 11.4 Å². The highest BCUT2D eigenvalue weighted by atomic mass is 32.2. The van der Waals surface area contributed by atoms with Gasteiger partial charge in [-0.25, -0.2) is 13.1 Å². The quantitative estimate of drug-likeness (QED) is 0.878. The first kappa shape index (κ1) is 13.3. The fourth-order valence-electron chi connectivity index (χ4n) is 1.50. The van der Waals surface area contributed by atoms with Crippen LogP contribution in [0.4, 0.5) is 0 Å². The van der Waals surface area contributed by atoms with Crippen LogP contribution in [0.5, 0.6) is 0 Å². The number of thiophene rings is 1. The highest BCUT2D eigenvalue weighted by Gasteiger charge is 2.21. The lowest BCUT2D eigenvalue weighted by Gasteiger charge is -2.10. The van der Waals surface area contributed by atoms with Crippen molar-refractivity contribution in [2.24, 2.45) is 5.73 Å². The van der Waals surface area contributed by atoms with E-state index >= 15 is 0 Å². The smallest absolute Gasteiger partial charge is 0.250 e. The maximum atomic E-state index is 12.1. The van der Waals surface area contributed by atoms with Crippen molar-refractivity contribution in [2.45, 2.75) is 23.7 Å². The first-order valence-corrected chi connectivity index (χ1v) is 7.67. The van der Waals surface area contributed by atoms with Crippen LogP contribution in [-0.4, -0.2) is 8.42 Å². The zero-order chi connectivity index (χ0) is 13.2. The van der Waals surface area contributed by atoms with Crippen molar-refractivity contribution in [3.8, 4) is 0 Å². The topological polar surface area (TPSA) is 85.3 Å². The molecule has 2 heterocycles. The first-order chi connectivity index (χ1) is 8.53. The summed E-state index contributed by atoms with van der Waals surface area (Å²) in [6.07, 6.45) is 1.51. The molecule has 0 amide bonds. The number of furan rings is 1. The third-order valence-electron chi connectivity index (χ3n) is 2.40. The van der Waals surface area contributed by atoms with Gasteiger partial charge in [-0.2, -0.15) is 0 Å². The predicted molar refractivity (Wildman–Crippen MR) is 69.7 cm³/mol. The molecule has 3 N–H and O–H groups in total. The minimum absolute atomic E-state index is 0.265. The third kappa shape index (κ3) is 2.81. The van der Waals surface area contributed by atoms with Crippen molar-refractivity contribution in [3.05, 3.63) is 41.2 Å². The molecule has 2 aromatic rings. The van der Waals surface area contributed by atoms with Crippen molar-refractivity contribution in [3.63, 3.8) is 0 Å². The van der Waals surface area contributed by atoms with Crippen LogP contribution in [0.2, 0.25) is 0 Å². The van der Waals surface area contributed by atoms with E-state index in [0.29, 0.717) is 12.3 Å². The first-order valence-electron chi connectivity index (χ1n) is 5.37. The van der Waals surface area contributed by atoms with Crippen LogP contribution in [-0.2, 0) is 16.6 Å². The highest BCUT2D eigenvalue weighted by molar-refractivity contribution is 7.91. The van der Waals surface area contributed by atoms with Gasteiger partial charge in [-0.05, 0) is 31.2 Å². The monoisotopic (exact) mass is 286 g/mol. The van der Waals surface area contributed by atoms with Crippen molar-refractivity contribution in [1.29, 1.82) is 0 Å². The SMILES string of the molecule is CC(NS(=O)(=O)c1ccc(CN)s1)c1ccco1. The van der Waals surface area contributed by atoms with E-state index < -0.39 is 16.1 Å². The maximum Gasteiger partial charge on any atom is 0.250 e. The van der Waals surface area contributed by atoms with Crippen molar-refractivity contribution >= 4 is 21.4 Å². The molecular formula is C11H14N2O3S2. The Bertz CT molecular complexity index is 602. The second-order valence-electron chi connectivity index (χ2n) is 3.78. The summed E-state index contributed by atoms with van der Waals surface area (Å²) >= 11 is 1.17. The Morgan fingerprint density at radius 1 is 1.44 bits per heavy atom. The van der Waals surface area contributed by atoms with Gasteiger partial charge in [0.05, 0.1) is 12.3 Å². The Kier molecular flexibility index (Phi) is 3.86. The van der Waals surface area contributed by atoms with Crippen LogP contribution >= 0.6 is 11.3 Å². The van der Waals surface area contributed by atoms with Crippen LogP contribution in [0.3, 0.4) is 0 Å². The molecule has 0 aliphatic rings. The molecule has 7 heteroatoms. The maximum absolute atomic E-state index is 12.1. The second-order valence-corrected chi connectivity index (χ2v) is 6.89. The standard InChI is InChI=1S/C11H14N2O3S2/c1-8(10-3-2-6-16-10)13-18(14,15)11-5-4-9(7-12)17-11/h2-6,8,13H,7,12H2,1H3. The molecule has 0 fully saturated rings. The molecular weight excluding hydrogens is 272 g/mol. The predicted octanol–water partition coefficient (Wildman–Crippen LogP) is 1.84. The van der Waals surface area contributed by atoms with E-state index in [9.17, 15) is 8.42 Å². The fraction of sp³-hybridized carbons (Fsp3) is 0.273. The summed E-state index contributed by atoms with van der Waals surface area (Å²) in [4.78, 5) is 0.834. The van der Waals surface area contributed by atoms with Crippen molar-refractivity contribution in [1.82, 2.24) is 4.72 Å². The van der Waals surface area contributed by atoms with E-state index in [4.69, 9.17) is 10.2 Å². The zero-order valence-electron chi connectivity index (χ0n) is 9.79. The molecule has 1 unspecified atom stereocenters. The Hall–Kier alpha value is -1.15. The minimum atomic E-state index is -3.52. The number of hydrogen-bond acceptors (Lipinski definition) is 5. The lowest BCUT2D eigenvalue weighted by atomic mass is 10.3. The Labute approximate surface area is 110 Å². The molecule has 2 aromatic heterocycles. The molecule has 2 rings (SSSR count). The van der Waals surface area contributed by atoms with Crippen LogP contribution < -0.4 is 10.5 Å². The summed E-state index contributed by atoms with van der Waals surface area (Å²) in [6.45, 7) is 2.07. The summed E-state index contributed by atoms with van der Waals surface area (Å²) in [5.41, 5.74) is 5.47. The Balaban J connectivity index is 2.17. The molecule has 0 radical (unpaired) electrons. The van der Waals surface area contributed by atoms with Gasteiger partial charge < -0.3 is 10.2 Å². The second kappa shape index (κ2) is 5.23. The highest BCUT2D eigenvalue weighted by Crippen LogP contribution is 2.23. The molecule has 1 atom stereocenters. The Morgan fingerprint density at radius 2 is 2.22 bits per heavy atom. The van der Waals surface area contributed by atoms with Crippen molar-refractivity contribution in [2.75, 3.05) is 0 Å². The normalized spacial score (nSPS) is 13.7. The van der Waals surface area contributed by atoms with Gasteiger partial charge in [0.25, 0.3) is 10.0 Å². The van der Waals surface area contributed by atoms with E-state index in [-0.39, 0.29) is 4.21 Å². The van der Waals surface area contributed by atoms with E-state index in [1.165, 1.54) is 17.6 Å². The van der Waals surface area contributed by atoms with Gasteiger partial charge in [0.15, 0.2) is 0 Å². The van der Waals surface area contributed by atoms with Gasteiger partial charge in [0.2, 0.25) is 0 Å². The van der Waals surface area contributed by atoms with Crippen molar-refractivity contribution < 1.29 is 12.8 Å². The summed E-state index contributed by atoms with van der Waals surface area (Å²) in [7, 11) is -3.52. The molecule has 0 saturated carbocycles. The van der Waals surface area contributed by atoms with Crippen LogP contribution in [0.15, 0.2) is 39.2 Å². The van der Waals surface area contributed by atoms with Crippen LogP contribution in [0, 0.1) is 0 Å².